The summed E-state index contributed by atoms with van der Waals surface area (Å²) in [6.45, 7) is 4.82. The molecule has 2 aromatic rings. The fourth-order valence-corrected chi connectivity index (χ4v) is 2.44. The van der Waals surface area contributed by atoms with Gasteiger partial charge in [-0.15, -0.1) is 0 Å². The summed E-state index contributed by atoms with van der Waals surface area (Å²) in [6, 6.07) is 12.7. The molecule has 0 saturated heterocycles. The maximum atomic E-state index is 12.7. The summed E-state index contributed by atoms with van der Waals surface area (Å²) in [6.07, 6.45) is 0. The summed E-state index contributed by atoms with van der Waals surface area (Å²) >= 11 is 0. The van der Waals surface area contributed by atoms with Gasteiger partial charge in [-0.05, 0) is 43.7 Å². The van der Waals surface area contributed by atoms with Gasteiger partial charge in [-0.3, -0.25) is 4.79 Å². The van der Waals surface area contributed by atoms with Crippen molar-refractivity contribution in [1.29, 1.82) is 0 Å². The van der Waals surface area contributed by atoms with Crippen molar-refractivity contribution in [3.63, 3.8) is 0 Å². The SMILES string of the molecule is CC(C)(C(=O)Nc1ccc2c(c1)OCCO2)c1ccc(N)cc1. The Morgan fingerprint density at radius 3 is 2.39 bits per heavy atom. The number of nitrogens with two attached hydrogens (primary N) is 1. The number of carbonyl (C=O) groups excluding carboxylic acids is 1. The minimum absolute atomic E-state index is 0.0982. The molecule has 1 aliphatic heterocycles. The number of carbonyl (C=O) groups is 1. The van der Waals surface area contributed by atoms with Gasteiger partial charge in [0.05, 0.1) is 5.41 Å². The molecule has 1 aliphatic rings. The third-order valence-electron chi connectivity index (χ3n) is 4.00. The van der Waals surface area contributed by atoms with Gasteiger partial charge in [0.25, 0.3) is 0 Å². The van der Waals surface area contributed by atoms with Gasteiger partial charge >= 0.3 is 0 Å². The minimum Gasteiger partial charge on any atom is -0.486 e. The molecule has 0 unspecified atom stereocenters. The molecule has 0 spiro atoms. The van der Waals surface area contributed by atoms with Crippen molar-refractivity contribution in [2.24, 2.45) is 0 Å². The number of nitrogen functional groups attached to an aromatic ring is 1. The van der Waals surface area contributed by atoms with Crippen molar-refractivity contribution in [3.8, 4) is 11.5 Å². The minimum atomic E-state index is -0.680. The van der Waals surface area contributed by atoms with E-state index in [0.29, 0.717) is 36.1 Å². The number of fused-ring (bicyclic) bond motifs is 1. The third-order valence-corrected chi connectivity index (χ3v) is 4.00. The molecule has 0 saturated carbocycles. The summed E-state index contributed by atoms with van der Waals surface area (Å²) < 4.78 is 11.0. The number of amides is 1. The molecule has 3 N–H and O–H groups in total. The van der Waals surface area contributed by atoms with Gasteiger partial charge in [0, 0.05) is 17.4 Å². The zero-order valence-corrected chi connectivity index (χ0v) is 13.3. The molecule has 1 amide bonds. The molecule has 0 fully saturated rings. The maximum Gasteiger partial charge on any atom is 0.234 e. The van der Waals surface area contributed by atoms with E-state index in [4.69, 9.17) is 15.2 Å². The highest BCUT2D eigenvalue weighted by Crippen LogP contribution is 2.33. The van der Waals surface area contributed by atoms with Crippen molar-refractivity contribution in [1.82, 2.24) is 0 Å². The van der Waals surface area contributed by atoms with Crippen molar-refractivity contribution in [3.05, 3.63) is 48.0 Å². The molecule has 1 heterocycles. The molecule has 2 aromatic carbocycles. The summed E-state index contributed by atoms with van der Waals surface area (Å²) in [7, 11) is 0. The lowest BCUT2D eigenvalue weighted by molar-refractivity contribution is -0.120. The van der Waals surface area contributed by atoms with Crippen LogP contribution in [0.15, 0.2) is 42.5 Å². The van der Waals surface area contributed by atoms with Crippen LogP contribution < -0.4 is 20.5 Å². The van der Waals surface area contributed by atoms with E-state index in [2.05, 4.69) is 5.32 Å². The van der Waals surface area contributed by atoms with Crippen LogP contribution in [0.4, 0.5) is 11.4 Å². The second kappa shape index (κ2) is 5.83. The van der Waals surface area contributed by atoms with Gasteiger partial charge in [-0.25, -0.2) is 0 Å². The van der Waals surface area contributed by atoms with Crippen LogP contribution in [0.1, 0.15) is 19.4 Å². The summed E-state index contributed by atoms with van der Waals surface area (Å²) in [4.78, 5) is 12.7. The number of benzene rings is 2. The zero-order chi connectivity index (χ0) is 16.4. The maximum absolute atomic E-state index is 12.7. The molecular formula is C18H20N2O3. The topological polar surface area (TPSA) is 73.6 Å². The van der Waals surface area contributed by atoms with E-state index in [1.165, 1.54) is 0 Å². The van der Waals surface area contributed by atoms with Gasteiger partial charge < -0.3 is 20.5 Å². The van der Waals surface area contributed by atoms with Gasteiger partial charge in [0.2, 0.25) is 5.91 Å². The van der Waals surface area contributed by atoms with Gasteiger partial charge in [0.15, 0.2) is 11.5 Å². The molecule has 5 nitrogen and oxygen atoms in total. The fourth-order valence-electron chi connectivity index (χ4n) is 2.44. The number of rotatable bonds is 3. The zero-order valence-electron chi connectivity index (χ0n) is 13.3. The van der Waals surface area contributed by atoms with E-state index >= 15 is 0 Å². The van der Waals surface area contributed by atoms with Crippen LogP contribution >= 0.6 is 0 Å². The first-order valence-corrected chi connectivity index (χ1v) is 7.54. The normalized spacial score (nSPS) is 13.5. The van der Waals surface area contributed by atoms with Crippen molar-refractivity contribution >= 4 is 17.3 Å². The van der Waals surface area contributed by atoms with Crippen LogP contribution in [-0.2, 0) is 10.2 Å². The molecule has 0 bridgehead atoms. The Hall–Kier alpha value is -2.69. The lowest BCUT2D eigenvalue weighted by Gasteiger charge is -2.25. The van der Waals surface area contributed by atoms with E-state index in [9.17, 15) is 4.79 Å². The lowest BCUT2D eigenvalue weighted by atomic mass is 9.83. The van der Waals surface area contributed by atoms with Crippen LogP contribution in [0.2, 0.25) is 0 Å². The van der Waals surface area contributed by atoms with Crippen LogP contribution in [0.3, 0.4) is 0 Å². The average Bonchev–Trinajstić information content (AvgIpc) is 2.55. The lowest BCUT2D eigenvalue weighted by Crippen LogP contribution is -2.34. The summed E-state index contributed by atoms with van der Waals surface area (Å²) in [5, 5.41) is 2.94. The molecule has 0 radical (unpaired) electrons. The van der Waals surface area contributed by atoms with Crippen LogP contribution in [0.5, 0.6) is 11.5 Å². The molecule has 0 aromatic heterocycles. The molecule has 5 heteroatoms. The van der Waals surface area contributed by atoms with E-state index < -0.39 is 5.41 Å². The standard InChI is InChI=1S/C18H20N2O3/c1-18(2,12-3-5-13(19)6-4-12)17(21)20-14-7-8-15-16(11-14)23-10-9-22-15/h3-8,11H,9-10,19H2,1-2H3,(H,20,21). The summed E-state index contributed by atoms with van der Waals surface area (Å²) in [5.41, 5.74) is 7.29. The highest BCUT2D eigenvalue weighted by molar-refractivity contribution is 5.98. The van der Waals surface area contributed by atoms with Crippen molar-refractivity contribution in [2.45, 2.75) is 19.3 Å². The van der Waals surface area contributed by atoms with Crippen molar-refractivity contribution < 1.29 is 14.3 Å². The Labute approximate surface area is 135 Å². The average molecular weight is 312 g/mol. The van der Waals surface area contributed by atoms with Crippen molar-refractivity contribution in [2.75, 3.05) is 24.3 Å². The van der Waals surface area contributed by atoms with Gasteiger partial charge in [0.1, 0.15) is 13.2 Å². The van der Waals surface area contributed by atoms with E-state index in [1.807, 2.05) is 32.0 Å². The Kier molecular flexibility index (Phi) is 3.86. The van der Waals surface area contributed by atoms with E-state index in [0.717, 1.165) is 5.56 Å². The fraction of sp³-hybridized carbons (Fsp3) is 0.278. The Balaban J connectivity index is 1.79. The van der Waals surface area contributed by atoms with E-state index in [-0.39, 0.29) is 5.91 Å². The van der Waals surface area contributed by atoms with Gasteiger partial charge in [-0.1, -0.05) is 12.1 Å². The quantitative estimate of drug-likeness (QED) is 0.855. The first-order valence-electron chi connectivity index (χ1n) is 7.54. The number of anilines is 2. The Morgan fingerprint density at radius 2 is 1.70 bits per heavy atom. The Bertz CT molecular complexity index is 724. The molecule has 0 aliphatic carbocycles. The van der Waals surface area contributed by atoms with Crippen LogP contribution in [0.25, 0.3) is 0 Å². The highest BCUT2D eigenvalue weighted by atomic mass is 16.6. The molecule has 0 atom stereocenters. The second-order valence-electron chi connectivity index (χ2n) is 6.06. The highest BCUT2D eigenvalue weighted by Gasteiger charge is 2.30. The predicted molar refractivity (Wildman–Crippen MR) is 89.9 cm³/mol. The van der Waals surface area contributed by atoms with Crippen LogP contribution in [0, 0.1) is 0 Å². The first-order chi connectivity index (χ1) is 11.0. The predicted octanol–water partition coefficient (Wildman–Crippen LogP) is 2.96. The largest absolute Gasteiger partial charge is 0.486 e. The smallest absolute Gasteiger partial charge is 0.234 e. The van der Waals surface area contributed by atoms with E-state index in [1.54, 1.807) is 24.3 Å². The summed E-state index contributed by atoms with van der Waals surface area (Å²) in [5.74, 6) is 1.25. The molecule has 3 rings (SSSR count). The first kappa shape index (κ1) is 15.2. The van der Waals surface area contributed by atoms with Crippen LogP contribution in [-0.4, -0.2) is 19.1 Å². The molecule has 120 valence electrons. The number of nitrogens with one attached hydrogen (secondary N) is 1. The Morgan fingerprint density at radius 1 is 1.04 bits per heavy atom. The third kappa shape index (κ3) is 3.08. The molecule has 23 heavy (non-hydrogen) atoms. The monoisotopic (exact) mass is 312 g/mol. The van der Waals surface area contributed by atoms with Gasteiger partial charge in [-0.2, -0.15) is 0 Å². The second-order valence-corrected chi connectivity index (χ2v) is 6.06. The molecular weight excluding hydrogens is 292 g/mol. The number of ether oxygens (including phenoxy) is 2. The number of hydrogen-bond acceptors (Lipinski definition) is 4. The number of hydrogen-bond donors (Lipinski definition) is 2.